The molecule has 1 rings (SSSR count). The van der Waals surface area contributed by atoms with Crippen LogP contribution in [0.5, 0.6) is 0 Å². The number of hydrogen-bond acceptors (Lipinski definition) is 1. The van der Waals surface area contributed by atoms with Crippen molar-refractivity contribution in [3.8, 4) is 0 Å². The van der Waals surface area contributed by atoms with Gasteiger partial charge in [0.15, 0.2) is 0 Å². The Morgan fingerprint density at radius 1 is 1.23 bits per heavy atom. The molecule has 0 heterocycles. The molecule has 0 aliphatic carbocycles. The molecule has 0 saturated heterocycles. The maximum absolute atomic E-state index is 10.4. The minimum Gasteiger partial charge on any atom is -0.385 e. The van der Waals surface area contributed by atoms with Gasteiger partial charge in [0.25, 0.3) is 0 Å². The summed E-state index contributed by atoms with van der Waals surface area (Å²) in [5, 5.41) is 10.4. The fraction of sp³-hybridized carbons (Fsp3) is 0.500. The number of rotatable bonds is 3. The molecule has 0 fully saturated rings. The van der Waals surface area contributed by atoms with Gasteiger partial charge in [-0.2, -0.15) is 0 Å². The van der Waals surface area contributed by atoms with Crippen LogP contribution in [-0.2, 0) is 5.60 Å². The Hall–Kier alpha value is -0.820. The lowest BCUT2D eigenvalue weighted by Gasteiger charge is -2.31. The van der Waals surface area contributed by atoms with E-state index in [1.54, 1.807) is 0 Å². The summed E-state index contributed by atoms with van der Waals surface area (Å²) >= 11 is 0. The Bertz CT molecular complexity index is 253. The van der Waals surface area contributed by atoms with Crippen molar-refractivity contribution in [3.05, 3.63) is 35.9 Å². The minimum absolute atomic E-state index is 0.250. The van der Waals surface area contributed by atoms with Gasteiger partial charge in [0.2, 0.25) is 0 Å². The molecule has 72 valence electrons. The lowest BCUT2D eigenvalue weighted by atomic mass is 9.81. The van der Waals surface area contributed by atoms with Gasteiger partial charge in [-0.3, -0.25) is 0 Å². The van der Waals surface area contributed by atoms with Crippen LogP contribution in [0.2, 0.25) is 0 Å². The number of hydrogen-bond donors (Lipinski definition) is 1. The van der Waals surface area contributed by atoms with Gasteiger partial charge < -0.3 is 5.11 Å². The van der Waals surface area contributed by atoms with Crippen LogP contribution in [0, 0.1) is 5.92 Å². The van der Waals surface area contributed by atoms with Crippen molar-refractivity contribution in [2.75, 3.05) is 0 Å². The zero-order valence-electron chi connectivity index (χ0n) is 8.62. The molecule has 0 aliphatic rings. The Labute approximate surface area is 80.4 Å². The van der Waals surface area contributed by atoms with Crippen LogP contribution in [0.4, 0.5) is 0 Å². The second-order valence-electron chi connectivity index (χ2n) is 3.80. The standard InChI is InChI=1S/C12H18O/c1-4-12(13,10(2)3)11-8-6-5-7-9-11/h5-10,13H,4H2,1-3H3/t12-/m1/s1. The summed E-state index contributed by atoms with van der Waals surface area (Å²) in [6.07, 6.45) is 0.759. The Morgan fingerprint density at radius 3 is 2.15 bits per heavy atom. The van der Waals surface area contributed by atoms with Gasteiger partial charge in [-0.15, -0.1) is 0 Å². The van der Waals surface area contributed by atoms with E-state index in [2.05, 4.69) is 13.8 Å². The molecular weight excluding hydrogens is 160 g/mol. The highest BCUT2D eigenvalue weighted by Gasteiger charge is 2.30. The normalized spacial score (nSPS) is 15.8. The summed E-state index contributed by atoms with van der Waals surface area (Å²) < 4.78 is 0. The van der Waals surface area contributed by atoms with Gasteiger partial charge in [-0.1, -0.05) is 51.1 Å². The van der Waals surface area contributed by atoms with Crippen LogP contribution in [0.1, 0.15) is 32.8 Å². The molecule has 1 heteroatoms. The van der Waals surface area contributed by atoms with Gasteiger partial charge in [-0.25, -0.2) is 0 Å². The zero-order chi connectivity index (χ0) is 9.90. The van der Waals surface area contributed by atoms with E-state index in [0.29, 0.717) is 0 Å². The topological polar surface area (TPSA) is 20.2 Å². The first-order valence-electron chi connectivity index (χ1n) is 4.89. The van der Waals surface area contributed by atoms with Gasteiger partial charge >= 0.3 is 0 Å². The molecule has 1 aromatic rings. The van der Waals surface area contributed by atoms with Crippen LogP contribution in [0.15, 0.2) is 30.3 Å². The summed E-state index contributed by atoms with van der Waals surface area (Å²) in [6.45, 7) is 6.12. The number of benzene rings is 1. The van der Waals surface area contributed by atoms with Crippen molar-refractivity contribution in [1.82, 2.24) is 0 Å². The summed E-state index contributed by atoms with van der Waals surface area (Å²) in [4.78, 5) is 0. The summed E-state index contributed by atoms with van der Waals surface area (Å²) in [5.74, 6) is 0.250. The van der Waals surface area contributed by atoms with E-state index < -0.39 is 5.60 Å². The lowest BCUT2D eigenvalue weighted by molar-refractivity contribution is -0.0140. The molecule has 0 radical (unpaired) electrons. The van der Waals surface area contributed by atoms with Crippen molar-refractivity contribution in [3.63, 3.8) is 0 Å². The molecule has 1 nitrogen and oxygen atoms in total. The van der Waals surface area contributed by atoms with Gasteiger partial charge in [0.05, 0.1) is 5.60 Å². The van der Waals surface area contributed by atoms with Crippen LogP contribution in [0.3, 0.4) is 0 Å². The minimum atomic E-state index is -0.665. The molecule has 0 bridgehead atoms. The largest absolute Gasteiger partial charge is 0.385 e. The van der Waals surface area contributed by atoms with Gasteiger partial charge in [-0.05, 0) is 17.9 Å². The van der Waals surface area contributed by atoms with Gasteiger partial charge in [0, 0.05) is 0 Å². The Morgan fingerprint density at radius 2 is 1.77 bits per heavy atom. The summed E-state index contributed by atoms with van der Waals surface area (Å²) in [7, 11) is 0. The predicted octanol–water partition coefficient (Wildman–Crippen LogP) is 2.94. The van der Waals surface area contributed by atoms with E-state index in [-0.39, 0.29) is 5.92 Å². The SMILES string of the molecule is CC[C@](O)(c1ccccc1)C(C)C. The van der Waals surface area contributed by atoms with Crippen molar-refractivity contribution in [2.45, 2.75) is 32.8 Å². The summed E-state index contributed by atoms with van der Waals surface area (Å²) in [5.41, 5.74) is 0.355. The molecule has 0 aromatic heterocycles. The molecule has 1 atom stereocenters. The zero-order valence-corrected chi connectivity index (χ0v) is 8.62. The Balaban J connectivity index is 3.03. The molecule has 1 N–H and O–H groups in total. The molecule has 0 spiro atoms. The van der Waals surface area contributed by atoms with Crippen molar-refractivity contribution < 1.29 is 5.11 Å². The second-order valence-corrected chi connectivity index (χ2v) is 3.80. The van der Waals surface area contributed by atoms with Crippen LogP contribution in [-0.4, -0.2) is 5.11 Å². The first-order chi connectivity index (χ1) is 6.11. The molecule has 0 aliphatic heterocycles. The molecule has 1 aromatic carbocycles. The molecule has 0 saturated carbocycles. The van der Waals surface area contributed by atoms with Crippen molar-refractivity contribution >= 4 is 0 Å². The highest BCUT2D eigenvalue weighted by Crippen LogP contribution is 2.32. The summed E-state index contributed by atoms with van der Waals surface area (Å²) in [6, 6.07) is 9.89. The average molecular weight is 178 g/mol. The molecular formula is C12H18O. The van der Waals surface area contributed by atoms with E-state index in [9.17, 15) is 5.11 Å². The molecule has 13 heavy (non-hydrogen) atoms. The maximum Gasteiger partial charge on any atom is 0.0916 e. The number of aliphatic hydroxyl groups is 1. The predicted molar refractivity (Wildman–Crippen MR) is 55.5 cm³/mol. The fourth-order valence-corrected chi connectivity index (χ4v) is 1.67. The smallest absolute Gasteiger partial charge is 0.0916 e. The highest BCUT2D eigenvalue weighted by atomic mass is 16.3. The van der Waals surface area contributed by atoms with Crippen molar-refractivity contribution in [2.24, 2.45) is 5.92 Å². The van der Waals surface area contributed by atoms with Crippen LogP contribution >= 0.6 is 0 Å². The van der Waals surface area contributed by atoms with Crippen LogP contribution < -0.4 is 0 Å². The molecule has 0 unspecified atom stereocenters. The Kier molecular flexibility index (Phi) is 3.10. The monoisotopic (exact) mass is 178 g/mol. The van der Waals surface area contributed by atoms with E-state index in [4.69, 9.17) is 0 Å². The van der Waals surface area contributed by atoms with Gasteiger partial charge in [0.1, 0.15) is 0 Å². The third-order valence-electron chi connectivity index (χ3n) is 2.77. The highest BCUT2D eigenvalue weighted by molar-refractivity contribution is 5.22. The average Bonchev–Trinajstić information content (AvgIpc) is 2.17. The van der Waals surface area contributed by atoms with E-state index >= 15 is 0 Å². The van der Waals surface area contributed by atoms with Crippen molar-refractivity contribution in [1.29, 1.82) is 0 Å². The van der Waals surface area contributed by atoms with E-state index in [1.165, 1.54) is 0 Å². The third-order valence-corrected chi connectivity index (χ3v) is 2.77. The molecule has 0 amide bonds. The maximum atomic E-state index is 10.4. The first kappa shape index (κ1) is 10.3. The van der Waals surface area contributed by atoms with E-state index in [0.717, 1.165) is 12.0 Å². The van der Waals surface area contributed by atoms with Crippen LogP contribution in [0.25, 0.3) is 0 Å². The third kappa shape index (κ3) is 1.92. The second kappa shape index (κ2) is 3.93. The fourth-order valence-electron chi connectivity index (χ4n) is 1.67. The van der Waals surface area contributed by atoms with E-state index in [1.807, 2.05) is 37.3 Å². The lowest BCUT2D eigenvalue weighted by Crippen LogP contribution is -2.30. The first-order valence-corrected chi connectivity index (χ1v) is 4.89. The quantitative estimate of drug-likeness (QED) is 0.754.